The van der Waals surface area contributed by atoms with Crippen LogP contribution in [0.4, 0.5) is 0 Å². The molecule has 0 radical (unpaired) electrons. The molecule has 0 saturated heterocycles. The quantitative estimate of drug-likeness (QED) is 0.222. The minimum absolute atomic E-state index is 0.187. The van der Waals surface area contributed by atoms with Gasteiger partial charge < -0.3 is 20.2 Å². The molecule has 208 valence electrons. The van der Waals surface area contributed by atoms with E-state index in [4.69, 9.17) is 0 Å². The molecule has 8 heteroatoms. The summed E-state index contributed by atoms with van der Waals surface area (Å²) < 4.78 is 0. The number of unbranched alkanes of at least 4 members (excludes halogenated alkanes) is 1. The van der Waals surface area contributed by atoms with Crippen molar-refractivity contribution in [3.05, 3.63) is 83.9 Å². The van der Waals surface area contributed by atoms with Gasteiger partial charge >= 0.3 is 17.9 Å². The molecule has 3 N–H and O–H groups in total. The van der Waals surface area contributed by atoms with Crippen LogP contribution in [-0.2, 0) is 32.1 Å². The van der Waals surface area contributed by atoms with Crippen LogP contribution in [0, 0.1) is 29.6 Å². The zero-order valence-electron chi connectivity index (χ0n) is 22.2. The molecule has 8 nitrogen and oxygen atoms in total. The molecule has 0 unspecified atom stereocenters. The highest BCUT2D eigenvalue weighted by Gasteiger charge is 2.64. The van der Waals surface area contributed by atoms with E-state index in [0.29, 0.717) is 25.3 Å². The highest BCUT2D eigenvalue weighted by Crippen LogP contribution is 2.48. The lowest BCUT2D eigenvalue weighted by Gasteiger charge is -2.45. The number of amides is 1. The standard InChI is InChI=1S/C31H37NO7/c1-21(13-11-18-22-14-6-2-7-15-22)12-5-4-10-19-32(20-23-16-8-3-9-17-23)28(33)24-25(29(34)35)27(31(38)39)26(24)30(36)37/h2-3,5-9,12,14-17,21,24-27H,4,10-11,13,18-20H2,1H3,(H,34,35)(H,36,37)(H,38,39)/b12-5+/t21-,24-,25-,26-,27-/m0/s1. The van der Waals surface area contributed by atoms with Crippen molar-refractivity contribution >= 4 is 23.8 Å². The Kier molecular flexibility index (Phi) is 10.8. The summed E-state index contributed by atoms with van der Waals surface area (Å²) in [5.41, 5.74) is 2.15. The van der Waals surface area contributed by atoms with Crippen molar-refractivity contribution in [2.75, 3.05) is 6.54 Å². The largest absolute Gasteiger partial charge is 0.481 e. The highest BCUT2D eigenvalue weighted by atomic mass is 16.4. The van der Waals surface area contributed by atoms with Gasteiger partial charge in [0.2, 0.25) is 5.91 Å². The van der Waals surface area contributed by atoms with Gasteiger partial charge in [0.15, 0.2) is 0 Å². The highest BCUT2D eigenvalue weighted by molar-refractivity contribution is 5.98. The molecule has 1 fully saturated rings. The normalized spacial score (nSPS) is 21.2. The van der Waals surface area contributed by atoms with Crippen LogP contribution in [-0.4, -0.2) is 50.6 Å². The number of carbonyl (C=O) groups is 4. The number of nitrogens with zero attached hydrogens (tertiary/aromatic N) is 1. The number of allylic oxidation sites excluding steroid dienone is 2. The summed E-state index contributed by atoms with van der Waals surface area (Å²) in [6.07, 6.45) is 8.74. The van der Waals surface area contributed by atoms with E-state index in [-0.39, 0.29) is 6.54 Å². The van der Waals surface area contributed by atoms with Crippen LogP contribution in [0.2, 0.25) is 0 Å². The summed E-state index contributed by atoms with van der Waals surface area (Å²) >= 11 is 0. The van der Waals surface area contributed by atoms with Crippen LogP contribution in [0.15, 0.2) is 72.8 Å². The zero-order chi connectivity index (χ0) is 28.4. The summed E-state index contributed by atoms with van der Waals surface area (Å²) in [5, 5.41) is 28.7. The van der Waals surface area contributed by atoms with Gasteiger partial charge in [0, 0.05) is 13.1 Å². The van der Waals surface area contributed by atoms with E-state index in [1.54, 1.807) is 0 Å². The van der Waals surface area contributed by atoms with Crippen LogP contribution in [0.5, 0.6) is 0 Å². The van der Waals surface area contributed by atoms with Crippen LogP contribution in [0.1, 0.15) is 43.7 Å². The maximum absolute atomic E-state index is 13.5. The molecule has 0 aromatic heterocycles. The van der Waals surface area contributed by atoms with Gasteiger partial charge in [-0.15, -0.1) is 0 Å². The van der Waals surface area contributed by atoms with E-state index in [1.807, 2.05) is 48.5 Å². The van der Waals surface area contributed by atoms with Gasteiger partial charge in [-0.3, -0.25) is 19.2 Å². The Morgan fingerprint density at radius 1 is 0.769 bits per heavy atom. The van der Waals surface area contributed by atoms with Crippen LogP contribution < -0.4 is 0 Å². The van der Waals surface area contributed by atoms with Gasteiger partial charge in [-0.25, -0.2) is 0 Å². The second-order valence-electron chi connectivity index (χ2n) is 10.3. The Balaban J connectivity index is 1.61. The smallest absolute Gasteiger partial charge is 0.308 e. The van der Waals surface area contributed by atoms with Crippen LogP contribution >= 0.6 is 0 Å². The van der Waals surface area contributed by atoms with E-state index >= 15 is 0 Å². The Morgan fingerprint density at radius 3 is 1.82 bits per heavy atom. The fraction of sp³-hybridized carbons (Fsp3) is 0.419. The first-order valence-electron chi connectivity index (χ1n) is 13.4. The van der Waals surface area contributed by atoms with Crippen molar-refractivity contribution in [2.45, 2.75) is 45.6 Å². The lowest BCUT2D eigenvalue weighted by atomic mass is 9.56. The number of benzene rings is 2. The summed E-state index contributed by atoms with van der Waals surface area (Å²) in [5.74, 6) is -10.9. The maximum Gasteiger partial charge on any atom is 0.308 e. The van der Waals surface area contributed by atoms with Crippen molar-refractivity contribution in [3.63, 3.8) is 0 Å². The number of hydrogen-bond acceptors (Lipinski definition) is 4. The van der Waals surface area contributed by atoms with Gasteiger partial charge in [0.25, 0.3) is 0 Å². The lowest BCUT2D eigenvalue weighted by Crippen LogP contribution is -2.62. The third kappa shape index (κ3) is 8.02. The van der Waals surface area contributed by atoms with E-state index in [1.165, 1.54) is 10.5 Å². The Labute approximate surface area is 229 Å². The molecule has 2 aromatic rings. The Hall–Kier alpha value is -3.94. The van der Waals surface area contributed by atoms with Gasteiger partial charge in [0.1, 0.15) is 0 Å². The molecule has 3 rings (SSSR count). The topological polar surface area (TPSA) is 132 Å². The summed E-state index contributed by atoms with van der Waals surface area (Å²) in [7, 11) is 0. The second-order valence-corrected chi connectivity index (χ2v) is 10.3. The maximum atomic E-state index is 13.5. The molecule has 39 heavy (non-hydrogen) atoms. The average molecular weight is 536 g/mol. The molecule has 1 saturated carbocycles. The molecular formula is C31H37NO7. The number of carboxylic acid groups (broad SMARTS) is 3. The number of aliphatic carboxylic acids is 3. The van der Waals surface area contributed by atoms with Crippen molar-refractivity contribution in [2.24, 2.45) is 29.6 Å². The Morgan fingerprint density at radius 2 is 1.28 bits per heavy atom. The third-order valence-corrected chi connectivity index (χ3v) is 7.45. The fourth-order valence-electron chi connectivity index (χ4n) is 5.36. The molecule has 3 atom stereocenters. The van der Waals surface area contributed by atoms with E-state index in [9.17, 15) is 34.5 Å². The monoisotopic (exact) mass is 535 g/mol. The first-order chi connectivity index (χ1) is 18.7. The Bertz CT molecular complexity index is 1130. The lowest BCUT2D eigenvalue weighted by molar-refractivity contribution is -0.189. The first kappa shape index (κ1) is 29.6. The molecule has 0 aliphatic heterocycles. The second kappa shape index (κ2) is 14.3. The van der Waals surface area contributed by atoms with Gasteiger partial charge in [-0.2, -0.15) is 0 Å². The van der Waals surface area contributed by atoms with Gasteiger partial charge in [-0.1, -0.05) is 79.7 Å². The number of carbonyl (C=O) groups excluding carboxylic acids is 1. The number of rotatable bonds is 15. The van der Waals surface area contributed by atoms with Crippen LogP contribution in [0.3, 0.4) is 0 Å². The van der Waals surface area contributed by atoms with E-state index in [2.05, 4.69) is 31.2 Å². The summed E-state index contributed by atoms with van der Waals surface area (Å²) in [4.78, 5) is 50.3. The molecule has 1 aliphatic rings. The molecule has 2 aromatic carbocycles. The van der Waals surface area contributed by atoms with Crippen molar-refractivity contribution in [1.82, 2.24) is 4.90 Å². The zero-order valence-corrected chi connectivity index (χ0v) is 22.2. The van der Waals surface area contributed by atoms with E-state index in [0.717, 1.165) is 24.8 Å². The van der Waals surface area contributed by atoms with E-state index < -0.39 is 47.5 Å². The molecule has 0 spiro atoms. The third-order valence-electron chi connectivity index (χ3n) is 7.45. The molecule has 1 amide bonds. The number of hydrogen-bond donors (Lipinski definition) is 3. The minimum Gasteiger partial charge on any atom is -0.481 e. The minimum atomic E-state index is -1.64. The van der Waals surface area contributed by atoms with Crippen molar-refractivity contribution in [3.8, 4) is 0 Å². The van der Waals surface area contributed by atoms with Gasteiger partial charge in [0.05, 0.1) is 23.7 Å². The summed E-state index contributed by atoms with van der Waals surface area (Å²) in [6, 6.07) is 19.5. The number of carboxylic acids is 3. The average Bonchev–Trinajstić information content (AvgIpc) is 2.87. The van der Waals surface area contributed by atoms with Crippen molar-refractivity contribution in [1.29, 1.82) is 0 Å². The molecular weight excluding hydrogens is 498 g/mol. The predicted octanol–water partition coefficient (Wildman–Crippen LogP) is 4.74. The fourth-order valence-corrected chi connectivity index (χ4v) is 5.36. The summed E-state index contributed by atoms with van der Waals surface area (Å²) in [6.45, 7) is 2.65. The van der Waals surface area contributed by atoms with Crippen LogP contribution in [0.25, 0.3) is 0 Å². The molecule has 0 heterocycles. The van der Waals surface area contributed by atoms with Gasteiger partial charge in [-0.05, 0) is 49.1 Å². The molecule has 1 aliphatic carbocycles. The first-order valence-corrected chi connectivity index (χ1v) is 13.4. The predicted molar refractivity (Wildman–Crippen MR) is 146 cm³/mol. The van der Waals surface area contributed by atoms with Crippen molar-refractivity contribution < 1.29 is 34.5 Å². The number of aryl methyl sites for hydroxylation is 1. The molecule has 0 bridgehead atoms. The SMILES string of the molecule is C[C@@H](/C=C/CCCN(Cc1ccccc1)C(=O)[C@H]1[C@H](C(=O)O)[C@H](C(=O)O)[C@H]1C(=O)O)CCCc1ccccc1.